The molecule has 7 heteroatoms. The van der Waals surface area contributed by atoms with Crippen molar-refractivity contribution in [1.82, 2.24) is 4.31 Å². The maximum Gasteiger partial charge on any atom is 0.252 e. The Bertz CT molecular complexity index is 437. The lowest BCUT2D eigenvalue weighted by molar-refractivity contribution is 0.465. The average Bonchev–Trinajstić information content (AvgIpc) is 2.56. The van der Waals surface area contributed by atoms with Crippen LogP contribution in [0.1, 0.15) is 12.0 Å². The van der Waals surface area contributed by atoms with E-state index in [2.05, 4.69) is 15.9 Å². The second-order valence-corrected chi connectivity index (χ2v) is 8.13. The highest BCUT2D eigenvalue weighted by Crippen LogP contribution is 2.31. The first-order chi connectivity index (χ1) is 7.39. The molecule has 16 heavy (non-hydrogen) atoms. The van der Waals surface area contributed by atoms with Crippen LogP contribution in [0.25, 0.3) is 0 Å². The topological polar surface area (TPSA) is 63.4 Å². The van der Waals surface area contributed by atoms with Gasteiger partial charge in [-0.25, -0.2) is 12.7 Å². The molecule has 0 radical (unpaired) electrons. The number of thiophene rings is 1. The third-order valence-corrected chi connectivity index (χ3v) is 6.62. The summed E-state index contributed by atoms with van der Waals surface area (Å²) >= 11 is 4.56. The number of aryl methyl sites for hydroxylation is 1. The molecular weight excluding hydrogens is 312 g/mol. The minimum Gasteiger partial charge on any atom is -0.330 e. The Hall–Kier alpha value is 0.0500. The molecule has 0 aliphatic carbocycles. The molecule has 1 rings (SSSR count). The summed E-state index contributed by atoms with van der Waals surface area (Å²) in [4.78, 5) is 0. The highest BCUT2D eigenvalue weighted by atomic mass is 79.9. The van der Waals surface area contributed by atoms with Gasteiger partial charge in [0.1, 0.15) is 4.21 Å². The second-order valence-electron chi connectivity index (χ2n) is 3.49. The molecule has 0 aromatic carbocycles. The third kappa shape index (κ3) is 3.04. The first-order valence-corrected chi connectivity index (χ1v) is 7.87. The summed E-state index contributed by atoms with van der Waals surface area (Å²) in [5, 5.41) is 0. The Labute approximate surface area is 109 Å². The molecular formula is C9H15BrN2O2S2. The first-order valence-electron chi connectivity index (χ1n) is 4.82. The Morgan fingerprint density at radius 3 is 2.62 bits per heavy atom. The molecule has 0 aliphatic rings. The molecule has 0 amide bonds. The van der Waals surface area contributed by atoms with E-state index in [0.29, 0.717) is 23.7 Å². The lowest BCUT2D eigenvalue weighted by Gasteiger charge is -2.14. The molecule has 2 N–H and O–H groups in total. The molecule has 0 unspecified atom stereocenters. The van der Waals surface area contributed by atoms with Crippen LogP contribution in [0.15, 0.2) is 14.1 Å². The van der Waals surface area contributed by atoms with E-state index in [1.807, 2.05) is 6.92 Å². The van der Waals surface area contributed by atoms with Crippen LogP contribution in [0.3, 0.4) is 0 Å². The summed E-state index contributed by atoms with van der Waals surface area (Å²) in [5.41, 5.74) is 6.30. The lowest BCUT2D eigenvalue weighted by Crippen LogP contribution is -2.28. The minimum absolute atomic E-state index is 0.372. The van der Waals surface area contributed by atoms with Gasteiger partial charge in [0.25, 0.3) is 10.0 Å². The number of nitrogens with zero attached hydrogens (tertiary/aromatic N) is 1. The SMILES string of the molecule is Cc1cc(S(=O)(=O)N(C)CCCN)sc1Br. The number of halogens is 1. The number of nitrogens with two attached hydrogens (primary N) is 1. The van der Waals surface area contributed by atoms with E-state index in [1.54, 1.807) is 13.1 Å². The molecule has 0 fully saturated rings. The molecule has 0 aliphatic heterocycles. The summed E-state index contributed by atoms with van der Waals surface area (Å²) in [6, 6.07) is 1.68. The molecule has 1 aromatic rings. The van der Waals surface area contributed by atoms with Gasteiger partial charge in [-0.15, -0.1) is 11.3 Å². The van der Waals surface area contributed by atoms with E-state index in [4.69, 9.17) is 5.73 Å². The van der Waals surface area contributed by atoms with Crippen molar-refractivity contribution in [3.8, 4) is 0 Å². The van der Waals surface area contributed by atoms with Gasteiger partial charge in [0.05, 0.1) is 3.79 Å². The largest absolute Gasteiger partial charge is 0.330 e. The summed E-state index contributed by atoms with van der Waals surface area (Å²) < 4.78 is 26.7. The molecule has 0 spiro atoms. The third-order valence-electron chi connectivity index (χ3n) is 2.18. The van der Waals surface area contributed by atoms with Crippen LogP contribution >= 0.6 is 27.3 Å². The Balaban J connectivity index is 2.93. The highest BCUT2D eigenvalue weighted by molar-refractivity contribution is 9.11. The van der Waals surface area contributed by atoms with Crippen molar-refractivity contribution in [3.63, 3.8) is 0 Å². The lowest BCUT2D eigenvalue weighted by atomic mass is 10.4. The van der Waals surface area contributed by atoms with E-state index >= 15 is 0 Å². The van der Waals surface area contributed by atoms with E-state index in [1.165, 1.54) is 15.6 Å². The molecule has 4 nitrogen and oxygen atoms in total. The number of hydrogen-bond acceptors (Lipinski definition) is 4. The van der Waals surface area contributed by atoms with Gasteiger partial charge in [-0.1, -0.05) is 0 Å². The summed E-state index contributed by atoms with van der Waals surface area (Å²) in [5.74, 6) is 0. The van der Waals surface area contributed by atoms with Crippen LogP contribution in [0, 0.1) is 6.92 Å². The van der Waals surface area contributed by atoms with Crippen molar-refractivity contribution in [2.24, 2.45) is 5.73 Å². The van der Waals surface area contributed by atoms with Crippen molar-refractivity contribution in [3.05, 3.63) is 15.4 Å². The fraction of sp³-hybridized carbons (Fsp3) is 0.556. The summed E-state index contributed by atoms with van der Waals surface area (Å²) in [6.45, 7) is 2.82. The maximum absolute atomic E-state index is 12.1. The first kappa shape index (κ1) is 14.1. The zero-order valence-electron chi connectivity index (χ0n) is 9.23. The van der Waals surface area contributed by atoms with Crippen molar-refractivity contribution >= 4 is 37.3 Å². The van der Waals surface area contributed by atoms with Crippen LogP contribution in [0.4, 0.5) is 0 Å². The van der Waals surface area contributed by atoms with Crippen molar-refractivity contribution in [2.75, 3.05) is 20.1 Å². The minimum atomic E-state index is -3.35. The molecule has 0 atom stereocenters. The standard InChI is InChI=1S/C9H15BrN2O2S2/c1-7-6-8(15-9(7)10)16(13,14)12(2)5-3-4-11/h6H,3-5,11H2,1-2H3. The second kappa shape index (κ2) is 5.59. The van der Waals surface area contributed by atoms with Gasteiger partial charge in [-0.3, -0.25) is 0 Å². The predicted octanol–water partition coefficient (Wildman–Crippen LogP) is 1.79. The van der Waals surface area contributed by atoms with Gasteiger partial charge < -0.3 is 5.73 Å². The van der Waals surface area contributed by atoms with Gasteiger partial charge in [0, 0.05) is 13.6 Å². The van der Waals surface area contributed by atoms with Crippen LogP contribution in [-0.4, -0.2) is 32.9 Å². The van der Waals surface area contributed by atoms with Gasteiger partial charge in [0.15, 0.2) is 0 Å². The zero-order chi connectivity index (χ0) is 12.3. The fourth-order valence-corrected chi connectivity index (χ4v) is 4.79. The molecule has 92 valence electrons. The molecule has 0 bridgehead atoms. The van der Waals surface area contributed by atoms with Gasteiger partial charge in [-0.05, 0) is 47.4 Å². The smallest absolute Gasteiger partial charge is 0.252 e. The Morgan fingerprint density at radius 2 is 2.19 bits per heavy atom. The van der Waals surface area contributed by atoms with Crippen molar-refractivity contribution < 1.29 is 8.42 Å². The zero-order valence-corrected chi connectivity index (χ0v) is 12.5. The molecule has 0 saturated carbocycles. The van der Waals surface area contributed by atoms with Crippen LogP contribution in [-0.2, 0) is 10.0 Å². The Kier molecular flexibility index (Phi) is 4.93. The molecule has 0 saturated heterocycles. The van der Waals surface area contributed by atoms with Gasteiger partial charge in [-0.2, -0.15) is 0 Å². The fourth-order valence-electron chi connectivity index (χ4n) is 1.15. The average molecular weight is 327 g/mol. The molecule has 1 aromatic heterocycles. The summed E-state index contributed by atoms with van der Waals surface area (Å²) in [6.07, 6.45) is 0.668. The van der Waals surface area contributed by atoms with E-state index in [-0.39, 0.29) is 0 Å². The van der Waals surface area contributed by atoms with Crippen molar-refractivity contribution in [1.29, 1.82) is 0 Å². The normalized spacial score (nSPS) is 12.3. The maximum atomic E-state index is 12.1. The van der Waals surface area contributed by atoms with Gasteiger partial charge in [0.2, 0.25) is 0 Å². The number of hydrogen-bond donors (Lipinski definition) is 1. The van der Waals surface area contributed by atoms with Crippen molar-refractivity contribution in [2.45, 2.75) is 17.6 Å². The predicted molar refractivity (Wildman–Crippen MR) is 70.2 cm³/mol. The monoisotopic (exact) mass is 326 g/mol. The van der Waals surface area contributed by atoms with Crippen LogP contribution in [0.2, 0.25) is 0 Å². The van der Waals surface area contributed by atoms with E-state index in [9.17, 15) is 8.42 Å². The van der Waals surface area contributed by atoms with E-state index in [0.717, 1.165) is 9.35 Å². The van der Waals surface area contributed by atoms with Crippen LogP contribution < -0.4 is 5.73 Å². The van der Waals surface area contributed by atoms with E-state index < -0.39 is 10.0 Å². The molecule has 1 heterocycles. The number of rotatable bonds is 5. The Morgan fingerprint density at radius 1 is 1.56 bits per heavy atom. The highest BCUT2D eigenvalue weighted by Gasteiger charge is 2.23. The quantitative estimate of drug-likeness (QED) is 0.897. The summed E-state index contributed by atoms with van der Waals surface area (Å²) in [7, 11) is -1.77. The van der Waals surface area contributed by atoms with Gasteiger partial charge >= 0.3 is 0 Å². The number of sulfonamides is 1. The van der Waals surface area contributed by atoms with Crippen LogP contribution in [0.5, 0.6) is 0 Å².